The molecule has 2 aliphatic rings. The molecule has 0 aliphatic carbocycles. The van der Waals surface area contributed by atoms with Crippen LogP contribution in [-0.2, 0) is 14.8 Å². The number of amides is 1. The van der Waals surface area contributed by atoms with Gasteiger partial charge in [-0.15, -0.1) is 0 Å². The van der Waals surface area contributed by atoms with E-state index in [1.165, 1.54) is 11.4 Å². The maximum Gasteiger partial charge on any atom is 0.244 e. The molecule has 27 heavy (non-hydrogen) atoms. The Morgan fingerprint density at radius 2 is 1.89 bits per heavy atom. The number of hydrogen-bond acceptors (Lipinski definition) is 5. The number of aryl methyl sites for hydroxylation is 1. The summed E-state index contributed by atoms with van der Waals surface area (Å²) in [7, 11) is -2.24. The van der Waals surface area contributed by atoms with Crippen LogP contribution in [0.5, 0.6) is 5.75 Å². The Balaban J connectivity index is 1.82. The topological polar surface area (TPSA) is 70.2 Å². The van der Waals surface area contributed by atoms with E-state index in [0.717, 1.165) is 19.6 Å². The van der Waals surface area contributed by atoms with E-state index in [1.54, 1.807) is 25.1 Å². The smallest absolute Gasteiger partial charge is 0.244 e. The SMILES string of the molecule is CCN1CCN(C(=O)[C@H]2CCCN2S(=O)(=O)c2cc(OC)ccc2C)CC1. The van der Waals surface area contributed by atoms with Crippen LogP contribution in [0.15, 0.2) is 23.1 Å². The van der Waals surface area contributed by atoms with Crippen LogP contribution in [0.1, 0.15) is 25.3 Å². The molecule has 3 rings (SSSR count). The second-order valence-corrected chi connectivity index (χ2v) is 9.02. The molecule has 0 N–H and O–H groups in total. The van der Waals surface area contributed by atoms with Gasteiger partial charge >= 0.3 is 0 Å². The number of rotatable bonds is 5. The Hall–Kier alpha value is -1.64. The van der Waals surface area contributed by atoms with E-state index in [1.807, 2.05) is 4.90 Å². The Morgan fingerprint density at radius 1 is 1.19 bits per heavy atom. The van der Waals surface area contributed by atoms with E-state index in [-0.39, 0.29) is 10.8 Å². The zero-order valence-corrected chi connectivity index (χ0v) is 17.2. The minimum Gasteiger partial charge on any atom is -0.497 e. The first-order valence-corrected chi connectivity index (χ1v) is 11.0. The number of carbonyl (C=O) groups is 1. The fourth-order valence-corrected chi connectivity index (χ4v) is 5.77. The average Bonchev–Trinajstić information content (AvgIpc) is 3.18. The van der Waals surface area contributed by atoms with Crippen molar-refractivity contribution in [3.63, 3.8) is 0 Å². The van der Waals surface area contributed by atoms with Crippen molar-refractivity contribution in [1.29, 1.82) is 0 Å². The summed E-state index contributed by atoms with van der Waals surface area (Å²) in [6, 6.07) is 4.43. The third-order valence-electron chi connectivity index (χ3n) is 5.60. The molecule has 0 unspecified atom stereocenters. The summed E-state index contributed by atoms with van der Waals surface area (Å²) in [4.78, 5) is 17.4. The fraction of sp³-hybridized carbons (Fsp3) is 0.632. The minimum atomic E-state index is -3.75. The Kier molecular flexibility index (Phi) is 6.08. The van der Waals surface area contributed by atoms with Crippen molar-refractivity contribution in [1.82, 2.24) is 14.1 Å². The predicted octanol–water partition coefficient (Wildman–Crippen LogP) is 1.32. The standard InChI is InChI=1S/C19H29N3O4S/c1-4-20-10-12-21(13-11-20)19(23)17-6-5-9-22(17)27(24,25)18-14-16(26-3)8-7-15(18)2/h7-8,14,17H,4-6,9-13H2,1-3H3/t17-/m1/s1. The summed E-state index contributed by atoms with van der Waals surface area (Å²) in [5.41, 5.74) is 0.658. The summed E-state index contributed by atoms with van der Waals surface area (Å²) in [6.07, 6.45) is 1.28. The van der Waals surface area contributed by atoms with Gasteiger partial charge < -0.3 is 14.5 Å². The third-order valence-corrected chi connectivity index (χ3v) is 7.65. The summed E-state index contributed by atoms with van der Waals surface area (Å²) < 4.78 is 33.2. The highest BCUT2D eigenvalue weighted by Crippen LogP contribution is 2.31. The van der Waals surface area contributed by atoms with E-state index < -0.39 is 16.1 Å². The first kappa shape index (κ1) is 20.1. The van der Waals surface area contributed by atoms with Crippen molar-refractivity contribution in [2.75, 3.05) is 46.4 Å². The maximum atomic E-state index is 13.3. The van der Waals surface area contributed by atoms with Gasteiger partial charge in [0.2, 0.25) is 15.9 Å². The van der Waals surface area contributed by atoms with Gasteiger partial charge in [0.15, 0.2) is 0 Å². The molecule has 0 saturated carbocycles. The molecular weight excluding hydrogens is 366 g/mol. The van der Waals surface area contributed by atoms with Gasteiger partial charge in [0.05, 0.1) is 12.0 Å². The van der Waals surface area contributed by atoms with Gasteiger partial charge in [-0.3, -0.25) is 4.79 Å². The summed E-state index contributed by atoms with van der Waals surface area (Å²) >= 11 is 0. The lowest BCUT2D eigenvalue weighted by molar-refractivity contribution is -0.136. The molecule has 150 valence electrons. The van der Waals surface area contributed by atoms with Gasteiger partial charge in [0.25, 0.3) is 0 Å². The molecule has 1 aromatic rings. The Labute approximate surface area is 161 Å². The van der Waals surface area contributed by atoms with Crippen molar-refractivity contribution in [3.8, 4) is 5.75 Å². The third kappa shape index (κ3) is 3.97. The van der Waals surface area contributed by atoms with Crippen LogP contribution >= 0.6 is 0 Å². The van der Waals surface area contributed by atoms with E-state index in [4.69, 9.17) is 4.74 Å². The van der Waals surface area contributed by atoms with Crippen LogP contribution in [0.3, 0.4) is 0 Å². The zero-order chi connectivity index (χ0) is 19.6. The molecule has 2 aliphatic heterocycles. The van der Waals surface area contributed by atoms with Gasteiger partial charge in [0.1, 0.15) is 11.8 Å². The van der Waals surface area contributed by atoms with Crippen LogP contribution in [0, 0.1) is 6.92 Å². The fourth-order valence-electron chi connectivity index (χ4n) is 3.88. The van der Waals surface area contributed by atoms with Crippen molar-refractivity contribution in [2.45, 2.75) is 37.6 Å². The molecule has 2 heterocycles. The first-order valence-electron chi connectivity index (χ1n) is 9.56. The van der Waals surface area contributed by atoms with Gasteiger partial charge in [-0.05, 0) is 37.9 Å². The van der Waals surface area contributed by atoms with Gasteiger partial charge in [-0.1, -0.05) is 13.0 Å². The van der Waals surface area contributed by atoms with Gasteiger partial charge in [-0.25, -0.2) is 8.42 Å². The number of likely N-dealkylation sites (N-methyl/N-ethyl adjacent to an activating group) is 1. The van der Waals surface area contributed by atoms with Crippen LogP contribution in [0.2, 0.25) is 0 Å². The van der Waals surface area contributed by atoms with Crippen LogP contribution in [0.4, 0.5) is 0 Å². The number of carbonyl (C=O) groups excluding carboxylic acids is 1. The number of piperazine rings is 1. The lowest BCUT2D eigenvalue weighted by Crippen LogP contribution is -2.54. The van der Waals surface area contributed by atoms with Gasteiger partial charge in [-0.2, -0.15) is 4.31 Å². The Morgan fingerprint density at radius 3 is 2.52 bits per heavy atom. The monoisotopic (exact) mass is 395 g/mol. The molecule has 1 atom stereocenters. The summed E-state index contributed by atoms with van der Waals surface area (Å²) in [5.74, 6) is 0.435. The lowest BCUT2D eigenvalue weighted by Gasteiger charge is -2.36. The molecule has 8 heteroatoms. The van der Waals surface area contributed by atoms with Crippen molar-refractivity contribution in [3.05, 3.63) is 23.8 Å². The van der Waals surface area contributed by atoms with Crippen molar-refractivity contribution >= 4 is 15.9 Å². The van der Waals surface area contributed by atoms with E-state index >= 15 is 0 Å². The molecule has 0 spiro atoms. The van der Waals surface area contributed by atoms with E-state index in [9.17, 15) is 13.2 Å². The molecule has 2 saturated heterocycles. The Bertz CT molecular complexity index is 788. The number of nitrogens with zero attached hydrogens (tertiary/aromatic N) is 3. The number of benzene rings is 1. The number of ether oxygens (including phenoxy) is 1. The highest BCUT2D eigenvalue weighted by atomic mass is 32.2. The molecule has 1 aromatic carbocycles. The summed E-state index contributed by atoms with van der Waals surface area (Å²) in [6.45, 7) is 8.24. The van der Waals surface area contributed by atoms with Crippen LogP contribution in [-0.4, -0.2) is 80.9 Å². The number of sulfonamides is 1. The largest absolute Gasteiger partial charge is 0.497 e. The predicted molar refractivity (Wildman–Crippen MR) is 103 cm³/mol. The molecule has 0 aromatic heterocycles. The molecular formula is C19H29N3O4S. The van der Waals surface area contributed by atoms with Crippen molar-refractivity contribution in [2.24, 2.45) is 0 Å². The number of hydrogen-bond donors (Lipinski definition) is 0. The molecule has 2 fully saturated rings. The minimum absolute atomic E-state index is 0.0626. The van der Waals surface area contributed by atoms with Gasteiger partial charge in [0, 0.05) is 38.8 Å². The normalized spacial score (nSPS) is 22.2. The molecule has 0 radical (unpaired) electrons. The molecule has 1 amide bonds. The van der Waals surface area contributed by atoms with Crippen molar-refractivity contribution < 1.29 is 17.9 Å². The van der Waals surface area contributed by atoms with Crippen LogP contribution in [0.25, 0.3) is 0 Å². The average molecular weight is 396 g/mol. The highest BCUT2D eigenvalue weighted by molar-refractivity contribution is 7.89. The second-order valence-electron chi connectivity index (χ2n) is 7.16. The maximum absolute atomic E-state index is 13.3. The lowest BCUT2D eigenvalue weighted by atomic mass is 10.2. The highest BCUT2D eigenvalue weighted by Gasteiger charge is 2.42. The summed E-state index contributed by atoms with van der Waals surface area (Å²) in [5, 5.41) is 0. The van der Waals surface area contributed by atoms with E-state index in [0.29, 0.717) is 43.8 Å². The van der Waals surface area contributed by atoms with Crippen LogP contribution < -0.4 is 4.74 Å². The molecule has 0 bridgehead atoms. The second kappa shape index (κ2) is 8.16. The first-order chi connectivity index (χ1) is 12.9. The van der Waals surface area contributed by atoms with E-state index in [2.05, 4.69) is 11.8 Å². The quantitative estimate of drug-likeness (QED) is 0.752. The zero-order valence-electron chi connectivity index (χ0n) is 16.3. The molecule has 7 nitrogen and oxygen atoms in total. The number of methoxy groups -OCH3 is 1.